The van der Waals surface area contributed by atoms with Crippen LogP contribution in [0.25, 0.3) is 0 Å². The van der Waals surface area contributed by atoms with Crippen LogP contribution in [0.15, 0.2) is 36.4 Å². The van der Waals surface area contributed by atoms with E-state index in [9.17, 15) is 14.9 Å². The summed E-state index contributed by atoms with van der Waals surface area (Å²) in [5, 5.41) is 11.2. The van der Waals surface area contributed by atoms with Crippen molar-refractivity contribution >= 4 is 11.6 Å². The van der Waals surface area contributed by atoms with Crippen molar-refractivity contribution in [3.05, 3.63) is 63.2 Å². The lowest BCUT2D eigenvalue weighted by Gasteiger charge is -2.26. The van der Waals surface area contributed by atoms with E-state index in [1.807, 2.05) is 18.2 Å². The van der Waals surface area contributed by atoms with E-state index in [0.29, 0.717) is 29.2 Å². The van der Waals surface area contributed by atoms with Crippen LogP contribution in [-0.2, 0) is 0 Å². The Kier molecular flexibility index (Phi) is 5.30. The number of hydrogen-bond acceptors (Lipinski definition) is 5. The van der Waals surface area contributed by atoms with Crippen molar-refractivity contribution in [3.8, 4) is 11.5 Å². The number of likely N-dealkylation sites (tertiary alicyclic amines) is 1. The number of benzene rings is 2. The summed E-state index contributed by atoms with van der Waals surface area (Å²) in [5.74, 6) is 1.04. The van der Waals surface area contributed by atoms with Crippen molar-refractivity contribution < 1.29 is 19.2 Å². The summed E-state index contributed by atoms with van der Waals surface area (Å²) in [6.45, 7) is 2.27. The highest BCUT2D eigenvalue weighted by molar-refractivity contribution is 5.95. The number of nitrogens with zero attached hydrogens (tertiary/aromatic N) is 2. The summed E-state index contributed by atoms with van der Waals surface area (Å²) in [4.78, 5) is 25.5. The van der Waals surface area contributed by atoms with Gasteiger partial charge in [0.15, 0.2) is 11.5 Å². The number of nitro benzene ring substituents is 1. The first kappa shape index (κ1) is 18.7. The van der Waals surface area contributed by atoms with Crippen molar-refractivity contribution in [3.63, 3.8) is 0 Å². The molecule has 1 saturated heterocycles. The van der Waals surface area contributed by atoms with Gasteiger partial charge in [0.2, 0.25) is 0 Å². The second kappa shape index (κ2) is 7.65. The molecule has 1 aliphatic heterocycles. The fourth-order valence-corrected chi connectivity index (χ4v) is 3.52. The Morgan fingerprint density at radius 2 is 1.89 bits per heavy atom. The molecular formula is C20H22N2O5. The lowest BCUT2D eigenvalue weighted by atomic mass is 10.0. The molecule has 7 nitrogen and oxygen atoms in total. The highest BCUT2D eigenvalue weighted by atomic mass is 16.6. The van der Waals surface area contributed by atoms with Gasteiger partial charge in [-0.2, -0.15) is 0 Å². The number of carbonyl (C=O) groups is 1. The molecule has 1 fully saturated rings. The first-order valence-corrected chi connectivity index (χ1v) is 8.74. The number of hydrogen-bond donors (Lipinski definition) is 0. The van der Waals surface area contributed by atoms with E-state index >= 15 is 0 Å². The Bertz CT molecular complexity index is 881. The maximum atomic E-state index is 13.0. The fourth-order valence-electron chi connectivity index (χ4n) is 3.52. The molecule has 7 heteroatoms. The Balaban J connectivity index is 1.91. The molecule has 3 rings (SSSR count). The molecule has 1 aliphatic rings. The number of methoxy groups -OCH3 is 2. The Labute approximate surface area is 157 Å². The average Bonchev–Trinajstić information content (AvgIpc) is 3.16. The minimum Gasteiger partial charge on any atom is -0.493 e. The maximum Gasteiger partial charge on any atom is 0.273 e. The number of amides is 1. The number of aryl methyl sites for hydroxylation is 1. The Morgan fingerprint density at radius 3 is 2.56 bits per heavy atom. The normalized spacial score (nSPS) is 16.3. The Hall–Kier alpha value is -3.09. The molecule has 1 heterocycles. The molecule has 0 aliphatic carbocycles. The molecule has 0 unspecified atom stereocenters. The predicted molar refractivity (Wildman–Crippen MR) is 100 cm³/mol. The molecule has 1 amide bonds. The van der Waals surface area contributed by atoms with Crippen LogP contribution < -0.4 is 9.47 Å². The van der Waals surface area contributed by atoms with Gasteiger partial charge in [0, 0.05) is 23.7 Å². The molecule has 0 bridgehead atoms. The van der Waals surface area contributed by atoms with E-state index in [2.05, 4.69) is 0 Å². The van der Waals surface area contributed by atoms with Crippen molar-refractivity contribution in [2.75, 3.05) is 20.8 Å². The number of carbonyl (C=O) groups excluding carboxylic acids is 1. The summed E-state index contributed by atoms with van der Waals surface area (Å²) in [6, 6.07) is 10.2. The van der Waals surface area contributed by atoms with Gasteiger partial charge in [-0.3, -0.25) is 14.9 Å². The lowest BCUT2D eigenvalue weighted by Crippen LogP contribution is -2.30. The summed E-state index contributed by atoms with van der Waals surface area (Å²) in [5.41, 5.74) is 1.79. The van der Waals surface area contributed by atoms with Gasteiger partial charge in [0.05, 0.1) is 25.2 Å². The summed E-state index contributed by atoms with van der Waals surface area (Å²) < 4.78 is 10.6. The monoisotopic (exact) mass is 370 g/mol. The molecule has 0 saturated carbocycles. The highest BCUT2D eigenvalue weighted by Gasteiger charge is 2.32. The smallest absolute Gasteiger partial charge is 0.273 e. The van der Waals surface area contributed by atoms with Gasteiger partial charge in [-0.05, 0) is 43.5 Å². The standard InChI is InChI=1S/C20H22N2O5/c1-13-6-7-15(11-17(13)22(24)25)20(23)21-10-4-5-16(21)14-8-9-18(26-2)19(12-14)27-3/h6-9,11-12,16H,4-5,10H2,1-3H3/t16-/m1/s1. The van der Waals surface area contributed by atoms with Gasteiger partial charge in [0.1, 0.15) is 0 Å². The van der Waals surface area contributed by atoms with Gasteiger partial charge < -0.3 is 14.4 Å². The van der Waals surface area contributed by atoms with E-state index in [1.54, 1.807) is 38.2 Å². The molecule has 2 aromatic carbocycles. The summed E-state index contributed by atoms with van der Waals surface area (Å²) >= 11 is 0. The van der Waals surface area contributed by atoms with Crippen molar-refractivity contribution in [1.29, 1.82) is 0 Å². The van der Waals surface area contributed by atoms with Crippen LogP contribution in [0.5, 0.6) is 11.5 Å². The molecule has 1 atom stereocenters. The van der Waals surface area contributed by atoms with E-state index in [1.165, 1.54) is 6.07 Å². The molecule has 0 aromatic heterocycles. The van der Waals surface area contributed by atoms with Gasteiger partial charge in [-0.15, -0.1) is 0 Å². The minimum atomic E-state index is -0.456. The van der Waals surface area contributed by atoms with E-state index in [4.69, 9.17) is 9.47 Å². The second-order valence-corrected chi connectivity index (χ2v) is 6.53. The van der Waals surface area contributed by atoms with Crippen LogP contribution >= 0.6 is 0 Å². The SMILES string of the molecule is COc1ccc([C@H]2CCCN2C(=O)c2ccc(C)c([N+](=O)[O-])c2)cc1OC. The van der Waals surface area contributed by atoms with Crippen molar-refractivity contribution in [2.45, 2.75) is 25.8 Å². The third-order valence-corrected chi connectivity index (χ3v) is 4.96. The van der Waals surface area contributed by atoms with Gasteiger partial charge in [-0.1, -0.05) is 12.1 Å². The zero-order chi connectivity index (χ0) is 19.6. The van der Waals surface area contributed by atoms with E-state index in [-0.39, 0.29) is 17.6 Å². The largest absolute Gasteiger partial charge is 0.493 e. The molecule has 142 valence electrons. The minimum absolute atomic E-state index is 0.0392. The van der Waals surface area contributed by atoms with Crippen LogP contribution in [0.2, 0.25) is 0 Å². The van der Waals surface area contributed by atoms with Crippen LogP contribution in [-0.4, -0.2) is 36.5 Å². The molecule has 0 N–H and O–H groups in total. The lowest BCUT2D eigenvalue weighted by molar-refractivity contribution is -0.385. The average molecular weight is 370 g/mol. The number of ether oxygens (including phenoxy) is 2. The third-order valence-electron chi connectivity index (χ3n) is 4.96. The molecule has 0 radical (unpaired) electrons. The topological polar surface area (TPSA) is 81.9 Å². The maximum absolute atomic E-state index is 13.0. The van der Waals surface area contributed by atoms with Crippen LogP contribution in [0.3, 0.4) is 0 Å². The first-order chi connectivity index (χ1) is 13.0. The van der Waals surface area contributed by atoms with E-state index in [0.717, 1.165) is 18.4 Å². The highest BCUT2D eigenvalue weighted by Crippen LogP contribution is 2.37. The zero-order valence-electron chi connectivity index (χ0n) is 15.6. The predicted octanol–water partition coefficient (Wildman–Crippen LogP) is 3.90. The van der Waals surface area contributed by atoms with Crippen LogP contribution in [0.4, 0.5) is 5.69 Å². The Morgan fingerprint density at radius 1 is 1.15 bits per heavy atom. The quantitative estimate of drug-likeness (QED) is 0.589. The number of rotatable bonds is 5. The van der Waals surface area contributed by atoms with E-state index < -0.39 is 4.92 Å². The molecule has 0 spiro atoms. The van der Waals surface area contributed by atoms with Crippen LogP contribution in [0.1, 0.15) is 40.4 Å². The number of nitro groups is 1. The second-order valence-electron chi connectivity index (χ2n) is 6.53. The summed E-state index contributed by atoms with van der Waals surface area (Å²) in [7, 11) is 3.15. The molecular weight excluding hydrogens is 348 g/mol. The van der Waals surface area contributed by atoms with Crippen molar-refractivity contribution in [2.24, 2.45) is 0 Å². The molecule has 2 aromatic rings. The van der Waals surface area contributed by atoms with Gasteiger partial charge >= 0.3 is 0 Å². The van der Waals surface area contributed by atoms with Gasteiger partial charge in [-0.25, -0.2) is 0 Å². The van der Waals surface area contributed by atoms with Crippen LogP contribution in [0, 0.1) is 17.0 Å². The molecule has 27 heavy (non-hydrogen) atoms. The van der Waals surface area contributed by atoms with Gasteiger partial charge in [0.25, 0.3) is 11.6 Å². The zero-order valence-corrected chi connectivity index (χ0v) is 15.6. The fraction of sp³-hybridized carbons (Fsp3) is 0.350. The van der Waals surface area contributed by atoms with Crippen molar-refractivity contribution in [1.82, 2.24) is 4.90 Å². The summed E-state index contributed by atoms with van der Waals surface area (Å²) in [6.07, 6.45) is 1.70. The third kappa shape index (κ3) is 3.58. The first-order valence-electron chi connectivity index (χ1n) is 8.74.